The topological polar surface area (TPSA) is 59.8 Å². The Labute approximate surface area is 159 Å². The second kappa shape index (κ2) is 7.51. The maximum atomic E-state index is 12.7. The lowest BCUT2D eigenvalue weighted by Gasteiger charge is -2.32. The third kappa shape index (κ3) is 3.72. The second-order valence-electron chi connectivity index (χ2n) is 7.82. The van der Waals surface area contributed by atoms with Gasteiger partial charge in [-0.25, -0.2) is 4.98 Å². The molecule has 0 spiro atoms. The molecule has 0 bridgehead atoms. The van der Waals surface area contributed by atoms with Gasteiger partial charge in [0.05, 0.1) is 0 Å². The average molecular weight is 362 g/mol. The molecule has 4 rings (SSSR count). The van der Waals surface area contributed by atoms with E-state index in [1.807, 2.05) is 41.0 Å². The van der Waals surface area contributed by atoms with Gasteiger partial charge in [0, 0.05) is 29.4 Å². The van der Waals surface area contributed by atoms with E-state index >= 15 is 0 Å². The molecule has 1 fully saturated rings. The summed E-state index contributed by atoms with van der Waals surface area (Å²) in [4.78, 5) is 21.8. The number of rotatable bonds is 4. The van der Waals surface area contributed by atoms with Crippen LogP contribution in [0.5, 0.6) is 0 Å². The number of anilines is 2. The Kier molecular flexibility index (Phi) is 4.92. The fourth-order valence-corrected chi connectivity index (χ4v) is 4.13. The van der Waals surface area contributed by atoms with Crippen molar-refractivity contribution in [2.75, 3.05) is 5.32 Å². The fourth-order valence-electron chi connectivity index (χ4n) is 4.13. The minimum Gasteiger partial charge on any atom is -0.324 e. The highest BCUT2D eigenvalue weighted by atomic mass is 16.1. The van der Waals surface area contributed by atoms with Crippen molar-refractivity contribution < 1.29 is 0 Å². The van der Waals surface area contributed by atoms with Crippen LogP contribution in [0, 0.1) is 11.8 Å². The summed E-state index contributed by atoms with van der Waals surface area (Å²) in [6.45, 7) is 4.59. The van der Waals surface area contributed by atoms with Gasteiger partial charge in [-0.3, -0.25) is 9.36 Å². The van der Waals surface area contributed by atoms with Crippen molar-refractivity contribution in [3.8, 4) is 0 Å². The molecule has 1 N–H and O–H groups in total. The lowest BCUT2D eigenvalue weighted by molar-refractivity contribution is 0.226. The molecule has 2 aromatic heterocycles. The standard InChI is InChI=1S/C22H26N4O/c1-15(2)16-8-11-19(12-9-16)26-20(27)13-10-17-14-23-22(25-21(17)26)24-18-6-4-3-5-7-18/h3-7,10,13-16,19H,8-9,11-12H2,1-2H3,(H,23,24,25). The van der Waals surface area contributed by atoms with E-state index in [4.69, 9.17) is 4.98 Å². The van der Waals surface area contributed by atoms with Crippen LogP contribution >= 0.6 is 0 Å². The fraction of sp³-hybridized carbons (Fsp3) is 0.409. The minimum atomic E-state index is 0.0276. The lowest BCUT2D eigenvalue weighted by Crippen LogP contribution is -2.29. The second-order valence-corrected chi connectivity index (χ2v) is 7.82. The van der Waals surface area contributed by atoms with Gasteiger partial charge >= 0.3 is 0 Å². The third-order valence-electron chi connectivity index (χ3n) is 5.75. The third-order valence-corrected chi connectivity index (χ3v) is 5.75. The minimum absolute atomic E-state index is 0.0276. The van der Waals surface area contributed by atoms with Gasteiger partial charge in [-0.2, -0.15) is 4.98 Å². The molecule has 0 radical (unpaired) electrons. The number of hydrogen-bond donors (Lipinski definition) is 1. The summed E-state index contributed by atoms with van der Waals surface area (Å²) in [7, 11) is 0. The van der Waals surface area contributed by atoms with Crippen LogP contribution in [0.25, 0.3) is 11.0 Å². The van der Waals surface area contributed by atoms with Gasteiger partial charge in [-0.1, -0.05) is 32.0 Å². The quantitative estimate of drug-likeness (QED) is 0.715. The van der Waals surface area contributed by atoms with Crippen molar-refractivity contribution in [1.29, 1.82) is 0 Å². The number of benzene rings is 1. The molecule has 0 amide bonds. The summed E-state index contributed by atoms with van der Waals surface area (Å²) < 4.78 is 1.89. The molecule has 0 atom stereocenters. The van der Waals surface area contributed by atoms with Gasteiger partial charge in [0.2, 0.25) is 5.95 Å². The van der Waals surface area contributed by atoms with Crippen LogP contribution in [0.1, 0.15) is 45.6 Å². The Hall–Kier alpha value is -2.69. The van der Waals surface area contributed by atoms with Crippen molar-refractivity contribution in [2.24, 2.45) is 11.8 Å². The molecule has 0 saturated heterocycles. The number of nitrogens with zero attached hydrogens (tertiary/aromatic N) is 3. The zero-order valence-electron chi connectivity index (χ0n) is 15.9. The number of pyridine rings is 1. The first-order chi connectivity index (χ1) is 13.1. The van der Waals surface area contributed by atoms with Crippen molar-refractivity contribution in [1.82, 2.24) is 14.5 Å². The van der Waals surface area contributed by atoms with Gasteiger partial charge in [-0.05, 0) is 55.7 Å². The SMILES string of the molecule is CC(C)C1CCC(n2c(=O)ccc3cnc(Nc4ccccc4)nc32)CC1. The highest BCUT2D eigenvalue weighted by Gasteiger charge is 2.26. The van der Waals surface area contributed by atoms with Crippen LogP contribution in [0.2, 0.25) is 0 Å². The number of aromatic nitrogens is 3. The van der Waals surface area contributed by atoms with E-state index in [1.54, 1.807) is 12.3 Å². The highest BCUT2D eigenvalue weighted by Crippen LogP contribution is 2.36. The number of para-hydroxylation sites is 1. The Morgan fingerprint density at radius 1 is 1.04 bits per heavy atom. The molecule has 1 aliphatic rings. The molecule has 1 aromatic carbocycles. The van der Waals surface area contributed by atoms with E-state index in [-0.39, 0.29) is 11.6 Å². The normalized spacial score (nSPS) is 20.1. The first-order valence-corrected chi connectivity index (χ1v) is 9.82. The van der Waals surface area contributed by atoms with Crippen LogP contribution in [0.4, 0.5) is 11.6 Å². The molecule has 1 aliphatic carbocycles. The first-order valence-electron chi connectivity index (χ1n) is 9.82. The largest absolute Gasteiger partial charge is 0.324 e. The van der Waals surface area contributed by atoms with Crippen molar-refractivity contribution in [2.45, 2.75) is 45.6 Å². The monoisotopic (exact) mass is 362 g/mol. The number of hydrogen-bond acceptors (Lipinski definition) is 4. The van der Waals surface area contributed by atoms with Crippen LogP contribution in [-0.4, -0.2) is 14.5 Å². The van der Waals surface area contributed by atoms with Crippen LogP contribution in [-0.2, 0) is 0 Å². The molecule has 3 aromatic rings. The van der Waals surface area contributed by atoms with E-state index in [9.17, 15) is 4.79 Å². The summed E-state index contributed by atoms with van der Waals surface area (Å²) in [5.74, 6) is 1.99. The Morgan fingerprint density at radius 3 is 2.48 bits per heavy atom. The molecule has 5 nitrogen and oxygen atoms in total. The highest BCUT2D eigenvalue weighted by molar-refractivity contribution is 5.75. The summed E-state index contributed by atoms with van der Waals surface area (Å²) in [5.41, 5.74) is 1.68. The van der Waals surface area contributed by atoms with Gasteiger partial charge in [-0.15, -0.1) is 0 Å². The number of fused-ring (bicyclic) bond motifs is 1. The van der Waals surface area contributed by atoms with Gasteiger partial charge in [0.25, 0.3) is 5.56 Å². The zero-order valence-corrected chi connectivity index (χ0v) is 15.9. The maximum Gasteiger partial charge on any atom is 0.252 e. The first kappa shape index (κ1) is 17.7. The van der Waals surface area contributed by atoms with Gasteiger partial charge in [0.1, 0.15) is 5.65 Å². The molecule has 140 valence electrons. The smallest absolute Gasteiger partial charge is 0.252 e. The van der Waals surface area contributed by atoms with E-state index in [0.717, 1.165) is 35.5 Å². The molecule has 5 heteroatoms. The predicted octanol–water partition coefficient (Wildman–Crippen LogP) is 4.92. The Balaban J connectivity index is 1.68. The molecule has 0 unspecified atom stereocenters. The van der Waals surface area contributed by atoms with Crippen LogP contribution < -0.4 is 10.9 Å². The summed E-state index contributed by atoms with van der Waals surface area (Å²) >= 11 is 0. The predicted molar refractivity (Wildman–Crippen MR) is 109 cm³/mol. The summed E-state index contributed by atoms with van der Waals surface area (Å²) in [5, 5.41) is 4.13. The number of nitrogens with one attached hydrogen (secondary N) is 1. The molecule has 27 heavy (non-hydrogen) atoms. The van der Waals surface area contributed by atoms with E-state index in [0.29, 0.717) is 11.9 Å². The molecular weight excluding hydrogens is 336 g/mol. The molecule has 0 aliphatic heterocycles. The van der Waals surface area contributed by atoms with Crippen LogP contribution in [0.15, 0.2) is 53.5 Å². The lowest BCUT2D eigenvalue weighted by atomic mass is 9.79. The van der Waals surface area contributed by atoms with E-state index in [2.05, 4.69) is 24.1 Å². The van der Waals surface area contributed by atoms with E-state index < -0.39 is 0 Å². The maximum absolute atomic E-state index is 12.7. The van der Waals surface area contributed by atoms with Crippen molar-refractivity contribution in [3.63, 3.8) is 0 Å². The van der Waals surface area contributed by atoms with Crippen LogP contribution in [0.3, 0.4) is 0 Å². The zero-order chi connectivity index (χ0) is 18.8. The van der Waals surface area contributed by atoms with Gasteiger partial charge in [0.15, 0.2) is 0 Å². The van der Waals surface area contributed by atoms with Gasteiger partial charge < -0.3 is 5.32 Å². The summed E-state index contributed by atoms with van der Waals surface area (Å²) in [6.07, 6.45) is 6.21. The van der Waals surface area contributed by atoms with Crippen molar-refractivity contribution >= 4 is 22.7 Å². The Bertz CT molecular complexity index is 973. The average Bonchev–Trinajstić information content (AvgIpc) is 2.69. The summed E-state index contributed by atoms with van der Waals surface area (Å²) in [6, 6.07) is 13.5. The molecule has 2 heterocycles. The molecular formula is C22H26N4O. The Morgan fingerprint density at radius 2 is 1.78 bits per heavy atom. The van der Waals surface area contributed by atoms with E-state index in [1.165, 1.54) is 12.8 Å². The van der Waals surface area contributed by atoms with Crippen molar-refractivity contribution in [3.05, 3.63) is 59.0 Å². The molecule has 1 saturated carbocycles.